The molecule has 0 bridgehead atoms. The van der Waals surface area contributed by atoms with E-state index in [9.17, 15) is 32.3 Å². The van der Waals surface area contributed by atoms with Gasteiger partial charge < -0.3 is 14.9 Å². The van der Waals surface area contributed by atoms with Gasteiger partial charge in [0.05, 0.1) is 23.7 Å². The van der Waals surface area contributed by atoms with Crippen LogP contribution in [0, 0.1) is 5.82 Å². The molecule has 2 aromatic heterocycles. The van der Waals surface area contributed by atoms with Crippen molar-refractivity contribution in [2.75, 3.05) is 36.4 Å². The minimum atomic E-state index is -4.74. The highest BCUT2D eigenvalue weighted by molar-refractivity contribution is 7.16. The molecule has 2 atom stereocenters. The topological polar surface area (TPSA) is 115 Å². The van der Waals surface area contributed by atoms with E-state index in [-0.39, 0.29) is 34.2 Å². The second kappa shape index (κ2) is 11.8. The standard InChI is InChI=1S/C27H29F4N7O3S/c1-15-4-3-5-36(15)14-21-23(17-8-18(27(29,30)31)10-19(28)9-17)34-25(42-21)35-24(39)20-11-33-22(12-32-20)38-7-6-37(26(40)41)13-16(38)2/h8-12,15-16H,3-7,13-14H2,1-2H3,(H,40,41)(H,34,35,39)/t15-,16-/m1/s1. The molecule has 0 saturated carbocycles. The number of hydrogen-bond donors (Lipinski definition) is 2. The fourth-order valence-corrected chi connectivity index (χ4v) is 6.26. The number of hydrogen-bond acceptors (Lipinski definition) is 8. The van der Waals surface area contributed by atoms with Crippen LogP contribution in [0.3, 0.4) is 0 Å². The zero-order valence-electron chi connectivity index (χ0n) is 22.9. The lowest BCUT2D eigenvalue weighted by molar-refractivity contribution is -0.137. The summed E-state index contributed by atoms with van der Waals surface area (Å²) in [4.78, 5) is 43.3. The highest BCUT2D eigenvalue weighted by Gasteiger charge is 2.33. The number of amides is 2. The Morgan fingerprint density at radius 2 is 1.88 bits per heavy atom. The van der Waals surface area contributed by atoms with Crippen molar-refractivity contribution >= 4 is 34.3 Å². The summed E-state index contributed by atoms with van der Waals surface area (Å²) in [7, 11) is 0. The molecule has 1 aromatic carbocycles. The van der Waals surface area contributed by atoms with E-state index in [4.69, 9.17) is 0 Å². The fraction of sp³-hybridized carbons (Fsp3) is 0.444. The second-order valence-corrected chi connectivity index (χ2v) is 11.5. The smallest absolute Gasteiger partial charge is 0.416 e. The van der Waals surface area contributed by atoms with Gasteiger partial charge in [-0.05, 0) is 51.4 Å². The molecule has 2 aliphatic heterocycles. The Morgan fingerprint density at radius 3 is 2.50 bits per heavy atom. The van der Waals surface area contributed by atoms with Gasteiger partial charge in [-0.15, -0.1) is 0 Å². The summed E-state index contributed by atoms with van der Waals surface area (Å²) in [6.45, 7) is 6.17. The molecule has 5 rings (SSSR count). The first-order valence-electron chi connectivity index (χ1n) is 13.4. The zero-order chi connectivity index (χ0) is 30.2. The zero-order valence-corrected chi connectivity index (χ0v) is 23.7. The van der Waals surface area contributed by atoms with Gasteiger partial charge in [0, 0.05) is 48.7 Å². The lowest BCUT2D eigenvalue weighted by Crippen LogP contribution is -2.53. The van der Waals surface area contributed by atoms with Gasteiger partial charge in [0.2, 0.25) is 0 Å². The van der Waals surface area contributed by atoms with Crippen LogP contribution in [-0.2, 0) is 12.7 Å². The maximum atomic E-state index is 14.3. The highest BCUT2D eigenvalue weighted by Crippen LogP contribution is 2.38. The van der Waals surface area contributed by atoms with Crippen LogP contribution in [0.15, 0.2) is 30.6 Å². The Morgan fingerprint density at radius 1 is 1.10 bits per heavy atom. The van der Waals surface area contributed by atoms with Crippen LogP contribution in [0.2, 0.25) is 0 Å². The van der Waals surface area contributed by atoms with Crippen molar-refractivity contribution in [3.8, 4) is 11.3 Å². The Hall–Kier alpha value is -3.85. The maximum absolute atomic E-state index is 14.3. The summed E-state index contributed by atoms with van der Waals surface area (Å²) in [5.74, 6) is -1.16. The number of rotatable bonds is 6. The van der Waals surface area contributed by atoms with Crippen LogP contribution in [0.25, 0.3) is 11.3 Å². The molecular formula is C27H29F4N7O3S. The van der Waals surface area contributed by atoms with Gasteiger partial charge in [0.1, 0.15) is 17.3 Å². The van der Waals surface area contributed by atoms with E-state index in [2.05, 4.69) is 32.1 Å². The van der Waals surface area contributed by atoms with Gasteiger partial charge in [-0.2, -0.15) is 13.2 Å². The van der Waals surface area contributed by atoms with Gasteiger partial charge in [-0.3, -0.25) is 15.0 Å². The number of carbonyl (C=O) groups is 2. The van der Waals surface area contributed by atoms with Crippen LogP contribution in [0.4, 0.5) is 33.3 Å². The van der Waals surface area contributed by atoms with Crippen molar-refractivity contribution in [3.05, 3.63) is 52.5 Å². The number of thiazole rings is 1. The Kier molecular flexibility index (Phi) is 8.32. The third-order valence-corrected chi connectivity index (χ3v) is 8.47. The van der Waals surface area contributed by atoms with Crippen molar-refractivity contribution in [2.24, 2.45) is 0 Å². The number of piperazine rings is 1. The van der Waals surface area contributed by atoms with E-state index in [1.807, 2.05) is 11.8 Å². The summed E-state index contributed by atoms with van der Waals surface area (Å²) in [5, 5.41) is 12.0. The highest BCUT2D eigenvalue weighted by atomic mass is 32.1. The monoisotopic (exact) mass is 607 g/mol. The molecule has 3 aromatic rings. The number of nitrogens with one attached hydrogen (secondary N) is 1. The van der Waals surface area contributed by atoms with E-state index in [1.54, 1.807) is 0 Å². The summed E-state index contributed by atoms with van der Waals surface area (Å²) < 4.78 is 54.6. The molecule has 15 heteroatoms. The predicted molar refractivity (Wildman–Crippen MR) is 148 cm³/mol. The predicted octanol–water partition coefficient (Wildman–Crippen LogP) is 5.18. The van der Waals surface area contributed by atoms with Crippen molar-refractivity contribution < 1.29 is 32.3 Å². The number of carbonyl (C=O) groups excluding carboxylic acids is 1. The lowest BCUT2D eigenvalue weighted by Gasteiger charge is -2.39. The van der Waals surface area contributed by atoms with Crippen molar-refractivity contribution in [1.82, 2.24) is 24.8 Å². The Balaban J connectivity index is 1.37. The molecule has 0 unspecified atom stereocenters. The number of aromatic nitrogens is 3. The minimum Gasteiger partial charge on any atom is -0.465 e. The van der Waals surface area contributed by atoms with Crippen LogP contribution >= 0.6 is 11.3 Å². The van der Waals surface area contributed by atoms with Crippen LogP contribution < -0.4 is 10.2 Å². The van der Waals surface area contributed by atoms with Crippen LogP contribution in [-0.4, -0.2) is 80.1 Å². The normalized spacial score (nSPS) is 19.8. The van der Waals surface area contributed by atoms with Gasteiger partial charge >= 0.3 is 12.3 Å². The van der Waals surface area contributed by atoms with Crippen molar-refractivity contribution in [1.29, 1.82) is 0 Å². The largest absolute Gasteiger partial charge is 0.465 e. The fourth-order valence-electron chi connectivity index (χ4n) is 5.26. The number of halogens is 4. The summed E-state index contributed by atoms with van der Waals surface area (Å²) >= 11 is 1.12. The van der Waals surface area contributed by atoms with Gasteiger partial charge in [-0.25, -0.2) is 24.1 Å². The SMILES string of the molecule is C[C@@H]1CCCN1Cc1sc(NC(=O)c2cnc(N3CCN(C(=O)O)C[C@H]3C)cn2)nc1-c1cc(F)cc(C(F)(F)F)c1. The van der Waals surface area contributed by atoms with E-state index >= 15 is 0 Å². The van der Waals surface area contributed by atoms with Gasteiger partial charge in [-0.1, -0.05) is 11.3 Å². The quantitative estimate of drug-likeness (QED) is 0.369. The first-order chi connectivity index (χ1) is 19.9. The van der Waals surface area contributed by atoms with E-state index in [1.165, 1.54) is 17.3 Å². The molecule has 224 valence electrons. The molecule has 2 aliphatic rings. The molecule has 0 spiro atoms. The van der Waals surface area contributed by atoms with E-state index < -0.39 is 29.6 Å². The molecule has 0 aliphatic carbocycles. The molecule has 2 N–H and O–H groups in total. The van der Waals surface area contributed by atoms with E-state index in [0.29, 0.717) is 42.9 Å². The Bertz CT molecular complexity index is 1470. The second-order valence-electron chi connectivity index (χ2n) is 10.5. The average molecular weight is 608 g/mol. The third kappa shape index (κ3) is 6.46. The number of benzene rings is 1. The number of carboxylic acid groups (broad SMARTS) is 1. The summed E-state index contributed by atoms with van der Waals surface area (Å²) in [6.07, 6.45) is -1.02. The summed E-state index contributed by atoms with van der Waals surface area (Å²) in [6, 6.07) is 2.43. The molecule has 2 fully saturated rings. The van der Waals surface area contributed by atoms with Crippen molar-refractivity contribution in [3.63, 3.8) is 0 Å². The van der Waals surface area contributed by atoms with Crippen molar-refractivity contribution in [2.45, 2.75) is 51.5 Å². The molecule has 42 heavy (non-hydrogen) atoms. The number of alkyl halides is 3. The molecular weight excluding hydrogens is 578 g/mol. The molecule has 2 amide bonds. The Labute approximate surface area is 243 Å². The maximum Gasteiger partial charge on any atom is 0.416 e. The van der Waals surface area contributed by atoms with Gasteiger partial charge in [0.15, 0.2) is 5.13 Å². The first kappa shape index (κ1) is 29.6. The average Bonchev–Trinajstić information content (AvgIpc) is 3.53. The molecule has 4 heterocycles. The van der Waals surface area contributed by atoms with Gasteiger partial charge in [0.25, 0.3) is 5.91 Å². The first-order valence-corrected chi connectivity index (χ1v) is 14.2. The number of nitrogens with zero attached hydrogens (tertiary/aromatic N) is 6. The van der Waals surface area contributed by atoms with Crippen LogP contribution in [0.1, 0.15) is 47.6 Å². The molecule has 0 radical (unpaired) electrons. The number of likely N-dealkylation sites (tertiary alicyclic amines) is 1. The number of anilines is 2. The summed E-state index contributed by atoms with van der Waals surface area (Å²) in [5.41, 5.74) is -0.977. The van der Waals surface area contributed by atoms with Crippen LogP contribution in [0.5, 0.6) is 0 Å². The lowest BCUT2D eigenvalue weighted by atomic mass is 10.1. The molecule has 2 saturated heterocycles. The minimum absolute atomic E-state index is 0.00727. The molecule has 10 nitrogen and oxygen atoms in total. The third-order valence-electron chi connectivity index (χ3n) is 7.52. The van der Waals surface area contributed by atoms with E-state index in [0.717, 1.165) is 42.9 Å².